The van der Waals surface area contributed by atoms with Gasteiger partial charge in [0, 0.05) is 12.1 Å². The Morgan fingerprint density at radius 3 is 2.57 bits per heavy atom. The summed E-state index contributed by atoms with van der Waals surface area (Å²) in [6, 6.07) is 3.41. The zero-order valence-corrected chi connectivity index (χ0v) is 17.0. The largest absolute Gasteiger partial charge is 1.00 e. The van der Waals surface area contributed by atoms with Gasteiger partial charge >= 0.3 is 0 Å². The summed E-state index contributed by atoms with van der Waals surface area (Å²) in [7, 11) is 8.04. The van der Waals surface area contributed by atoms with Gasteiger partial charge in [0.1, 0.15) is 13.3 Å². The molecule has 0 aromatic carbocycles. The average Bonchev–Trinajstić information content (AvgIpc) is 2.30. The number of pyridine rings is 1. The minimum Gasteiger partial charge on any atom is -1.00 e. The number of aromatic nitrogens is 1. The van der Waals surface area contributed by atoms with Crippen LogP contribution in [-0.4, -0.2) is 56.0 Å². The summed E-state index contributed by atoms with van der Waals surface area (Å²) in [5.41, 5.74) is 1.20. The fraction of sp³-hybridized carbons (Fsp3) is 0.462. The summed E-state index contributed by atoms with van der Waals surface area (Å²) in [5.74, 6) is -0.123. The number of likely N-dealkylation sites (N-methyl/N-ethyl adjacent to an activating group) is 1. The number of rotatable bonds is 5. The molecule has 0 aliphatic carbocycles. The second-order valence-electron chi connectivity index (χ2n) is 5.47. The zero-order valence-electron chi connectivity index (χ0n) is 12.7. The van der Waals surface area contributed by atoms with Crippen molar-refractivity contribution in [2.24, 2.45) is 12.2 Å². The number of nitrogens with one attached hydrogen (secondary N) is 1. The molecular formula is C13H22I2N4O2. The number of quaternary nitrogens is 1. The van der Waals surface area contributed by atoms with Crippen LogP contribution < -0.4 is 57.8 Å². The van der Waals surface area contributed by atoms with Gasteiger partial charge in [-0.2, -0.15) is 0 Å². The average molecular weight is 520 g/mol. The molecule has 1 aromatic rings. The molecule has 0 aliphatic rings. The van der Waals surface area contributed by atoms with Crippen molar-refractivity contribution in [2.75, 3.05) is 34.2 Å². The first kappa shape index (κ1) is 22.8. The lowest BCUT2D eigenvalue weighted by atomic mass is 10.2. The van der Waals surface area contributed by atoms with E-state index < -0.39 is 0 Å². The molecule has 0 saturated carbocycles. The van der Waals surface area contributed by atoms with E-state index in [1.807, 2.05) is 7.05 Å². The number of carbonyl (C=O) groups is 1. The molecule has 21 heavy (non-hydrogen) atoms. The molecule has 120 valence electrons. The predicted octanol–water partition coefficient (Wildman–Crippen LogP) is -6.24. The topological polar surface area (TPSA) is 65.6 Å². The highest BCUT2D eigenvalue weighted by Crippen LogP contribution is 1.99. The Bertz CT molecular complexity index is 488. The molecule has 0 unspecified atom stereocenters. The maximum Gasteiger partial charge on any atom is 0.251 e. The van der Waals surface area contributed by atoms with Crippen molar-refractivity contribution in [3.05, 3.63) is 29.6 Å². The predicted molar refractivity (Wildman–Crippen MR) is 72.2 cm³/mol. The third kappa shape index (κ3) is 8.51. The molecule has 1 amide bonds. The number of carbonyl (C=O) groups excluding carboxylic acids is 1. The van der Waals surface area contributed by atoms with E-state index in [2.05, 4.69) is 31.6 Å². The van der Waals surface area contributed by atoms with Crippen molar-refractivity contribution >= 4 is 12.1 Å². The monoisotopic (exact) mass is 520 g/mol. The van der Waals surface area contributed by atoms with E-state index in [1.165, 1.54) is 6.21 Å². The van der Waals surface area contributed by atoms with Crippen LogP contribution in [0.15, 0.2) is 23.5 Å². The Kier molecular flexibility index (Phi) is 11.1. The van der Waals surface area contributed by atoms with Crippen LogP contribution in [0, 0.1) is 0 Å². The van der Waals surface area contributed by atoms with Gasteiger partial charge in [0.2, 0.25) is 5.69 Å². The molecule has 0 fully saturated rings. The van der Waals surface area contributed by atoms with Crippen molar-refractivity contribution in [3.8, 4) is 0 Å². The molecule has 0 aliphatic heterocycles. The molecule has 1 rings (SSSR count). The first-order chi connectivity index (χ1) is 8.83. The molecule has 0 atom stereocenters. The molecule has 0 spiro atoms. The smallest absolute Gasteiger partial charge is 0.251 e. The fourth-order valence-electron chi connectivity index (χ4n) is 1.52. The van der Waals surface area contributed by atoms with Gasteiger partial charge in [0.25, 0.3) is 5.91 Å². The van der Waals surface area contributed by atoms with E-state index in [1.54, 1.807) is 22.9 Å². The standard InChI is InChI=1S/C13H20N4O2.2HI/c1-16-7-5-11(9-12(16)10-15-19)13(18)14-6-8-17(2,3)4;;/h5,7,9-10H,6,8H2,1-4H3;2*1H. The summed E-state index contributed by atoms with van der Waals surface area (Å²) >= 11 is 0. The number of hydrogen-bond donors (Lipinski definition) is 2. The van der Waals surface area contributed by atoms with E-state index in [9.17, 15) is 4.79 Å². The Labute approximate surface area is 159 Å². The molecule has 1 aromatic heterocycles. The van der Waals surface area contributed by atoms with Gasteiger partial charge in [0.15, 0.2) is 6.20 Å². The SMILES string of the molecule is C[n+]1ccc(C(=O)NCC[N+](C)(C)C)cc1/C=N/O.[I-].[I-]. The first-order valence-corrected chi connectivity index (χ1v) is 6.09. The second kappa shape index (κ2) is 10.3. The Hall–Kier alpha value is -0.490. The van der Waals surface area contributed by atoms with Gasteiger partial charge in [-0.05, 0) is 0 Å². The van der Waals surface area contributed by atoms with Crippen molar-refractivity contribution in [3.63, 3.8) is 0 Å². The highest BCUT2D eigenvalue weighted by Gasteiger charge is 2.13. The lowest BCUT2D eigenvalue weighted by molar-refractivity contribution is -0.869. The van der Waals surface area contributed by atoms with Crippen LogP contribution in [0.4, 0.5) is 0 Å². The number of amides is 1. The number of halogens is 2. The second-order valence-corrected chi connectivity index (χ2v) is 5.47. The van der Waals surface area contributed by atoms with Gasteiger partial charge in [-0.15, -0.1) is 0 Å². The van der Waals surface area contributed by atoms with Crippen LogP contribution in [0.1, 0.15) is 16.1 Å². The zero-order chi connectivity index (χ0) is 14.5. The van der Waals surface area contributed by atoms with Gasteiger partial charge in [-0.1, -0.05) is 5.16 Å². The van der Waals surface area contributed by atoms with Crippen LogP contribution in [-0.2, 0) is 7.05 Å². The quantitative estimate of drug-likeness (QED) is 0.102. The summed E-state index contributed by atoms with van der Waals surface area (Å²) in [5, 5.41) is 14.4. The van der Waals surface area contributed by atoms with Crippen molar-refractivity contribution in [1.82, 2.24) is 5.32 Å². The highest BCUT2D eigenvalue weighted by atomic mass is 127. The minimum absolute atomic E-state index is 0. The third-order valence-electron chi connectivity index (χ3n) is 2.71. The van der Waals surface area contributed by atoms with Crippen molar-refractivity contribution in [2.45, 2.75) is 0 Å². The van der Waals surface area contributed by atoms with E-state index in [4.69, 9.17) is 5.21 Å². The summed E-state index contributed by atoms with van der Waals surface area (Å²) < 4.78 is 2.56. The maximum absolute atomic E-state index is 12.0. The normalized spacial score (nSPS) is 10.7. The van der Waals surface area contributed by atoms with Crippen LogP contribution in [0.25, 0.3) is 0 Å². The maximum atomic E-state index is 12.0. The molecule has 0 bridgehead atoms. The summed E-state index contributed by atoms with van der Waals surface area (Å²) in [6.45, 7) is 1.48. The van der Waals surface area contributed by atoms with E-state index in [0.29, 0.717) is 17.8 Å². The number of nitrogens with zero attached hydrogens (tertiary/aromatic N) is 3. The molecular weight excluding hydrogens is 498 g/mol. The van der Waals surface area contributed by atoms with E-state index >= 15 is 0 Å². The van der Waals surface area contributed by atoms with Crippen molar-refractivity contribution < 1.29 is 67.0 Å². The lowest BCUT2D eigenvalue weighted by Gasteiger charge is -2.23. The molecule has 8 heteroatoms. The number of oxime groups is 1. The van der Waals surface area contributed by atoms with Crippen LogP contribution in [0.3, 0.4) is 0 Å². The van der Waals surface area contributed by atoms with E-state index in [-0.39, 0.29) is 53.9 Å². The van der Waals surface area contributed by atoms with Crippen LogP contribution in [0.2, 0.25) is 0 Å². The minimum atomic E-state index is -0.123. The highest BCUT2D eigenvalue weighted by molar-refractivity contribution is 5.95. The molecule has 0 radical (unpaired) electrons. The molecule has 0 saturated heterocycles. The van der Waals surface area contributed by atoms with Crippen molar-refractivity contribution in [1.29, 1.82) is 0 Å². The molecule has 2 N–H and O–H groups in total. The Balaban J connectivity index is 0. The third-order valence-corrected chi connectivity index (χ3v) is 2.71. The lowest BCUT2D eigenvalue weighted by Crippen LogP contribution is -3.00. The summed E-state index contributed by atoms with van der Waals surface area (Å²) in [6.07, 6.45) is 3.05. The van der Waals surface area contributed by atoms with Crippen LogP contribution >= 0.6 is 0 Å². The van der Waals surface area contributed by atoms with Gasteiger partial charge < -0.3 is 63.0 Å². The summed E-state index contributed by atoms with van der Waals surface area (Å²) in [4.78, 5) is 12.0. The molecule has 6 nitrogen and oxygen atoms in total. The van der Waals surface area contributed by atoms with E-state index in [0.717, 1.165) is 11.0 Å². The van der Waals surface area contributed by atoms with Gasteiger partial charge in [-0.3, -0.25) is 4.79 Å². The number of aryl methyl sites for hydroxylation is 1. The Morgan fingerprint density at radius 2 is 2.05 bits per heavy atom. The fourth-order valence-corrected chi connectivity index (χ4v) is 1.52. The molecule has 1 heterocycles. The van der Waals surface area contributed by atoms with Gasteiger partial charge in [-0.25, -0.2) is 4.57 Å². The number of hydrogen-bond acceptors (Lipinski definition) is 3. The van der Waals surface area contributed by atoms with Gasteiger partial charge in [0.05, 0.1) is 39.8 Å². The Morgan fingerprint density at radius 1 is 1.43 bits per heavy atom. The van der Waals surface area contributed by atoms with Crippen LogP contribution in [0.5, 0.6) is 0 Å². The first-order valence-electron chi connectivity index (χ1n) is 6.09.